The summed E-state index contributed by atoms with van der Waals surface area (Å²) in [5, 5.41) is 14.7. The number of hydrogen-bond donors (Lipinski definition) is 1. The minimum absolute atomic E-state index is 0.0609. The molecular formula is C33H38NOP. The van der Waals surface area contributed by atoms with Gasteiger partial charge in [-0.15, -0.1) is 0 Å². The van der Waals surface area contributed by atoms with Crippen LogP contribution >= 0.6 is 7.92 Å². The van der Waals surface area contributed by atoms with Crippen molar-refractivity contribution in [3.8, 4) is 5.75 Å². The van der Waals surface area contributed by atoms with Gasteiger partial charge >= 0.3 is 0 Å². The summed E-state index contributed by atoms with van der Waals surface area (Å²) in [4.78, 5) is 4.88. The zero-order chi connectivity index (χ0) is 26.5. The molecule has 0 saturated heterocycles. The topological polar surface area (TPSA) is 32.6 Å². The van der Waals surface area contributed by atoms with Crippen LogP contribution in [0.15, 0.2) is 114 Å². The van der Waals surface area contributed by atoms with Crippen LogP contribution in [0.1, 0.15) is 58.2 Å². The molecule has 3 rings (SSSR count). The van der Waals surface area contributed by atoms with E-state index in [2.05, 4.69) is 109 Å². The van der Waals surface area contributed by atoms with E-state index in [1.807, 2.05) is 24.3 Å². The van der Waals surface area contributed by atoms with E-state index in [-0.39, 0.29) is 16.6 Å². The number of benzene rings is 3. The maximum absolute atomic E-state index is 11.2. The lowest BCUT2D eigenvalue weighted by Gasteiger charge is -2.27. The first-order chi connectivity index (χ1) is 17.0. The molecule has 0 fully saturated rings. The molecule has 186 valence electrons. The summed E-state index contributed by atoms with van der Waals surface area (Å²) in [6.07, 6.45) is 5.44. The van der Waals surface area contributed by atoms with Crippen LogP contribution in [-0.4, -0.2) is 11.3 Å². The zero-order valence-electron chi connectivity index (χ0n) is 22.4. The van der Waals surface area contributed by atoms with E-state index < -0.39 is 7.92 Å². The van der Waals surface area contributed by atoms with Crippen molar-refractivity contribution in [3.63, 3.8) is 0 Å². The van der Waals surface area contributed by atoms with E-state index in [0.29, 0.717) is 5.56 Å². The molecule has 0 amide bonds. The number of phenolic OH excluding ortho intramolecular Hbond substituents is 1. The Bertz CT molecular complexity index is 1230. The van der Waals surface area contributed by atoms with Crippen molar-refractivity contribution < 1.29 is 5.11 Å². The number of rotatable bonds is 7. The van der Waals surface area contributed by atoms with E-state index in [1.54, 1.807) is 12.3 Å². The Balaban J connectivity index is 2.21. The molecule has 0 atom stereocenters. The normalized spacial score (nSPS) is 13.1. The number of phenols is 1. The van der Waals surface area contributed by atoms with Gasteiger partial charge in [0.25, 0.3) is 0 Å². The monoisotopic (exact) mass is 495 g/mol. The first-order valence-corrected chi connectivity index (χ1v) is 13.6. The standard InChI is InChI=1S/C33H38NOP/c1-9-29(30(10-2)36(26-17-13-11-14-18-26)27-19-15-12-16-20-27)34-23-24-21-25(32(3,4)5)22-28(31(24)35)33(6,7)8/h9-23,35H,1-2H2,3-8H3/b30-29-,34-23?. The summed E-state index contributed by atoms with van der Waals surface area (Å²) in [6, 6.07) is 25.1. The summed E-state index contributed by atoms with van der Waals surface area (Å²) >= 11 is 0. The van der Waals surface area contributed by atoms with E-state index >= 15 is 0 Å². The van der Waals surface area contributed by atoms with Crippen LogP contribution in [0.4, 0.5) is 0 Å². The van der Waals surface area contributed by atoms with Crippen molar-refractivity contribution >= 4 is 24.7 Å². The number of aromatic hydroxyl groups is 1. The van der Waals surface area contributed by atoms with E-state index in [4.69, 9.17) is 4.99 Å². The Morgan fingerprint density at radius 3 is 1.72 bits per heavy atom. The Kier molecular flexibility index (Phi) is 8.54. The molecule has 0 aliphatic heterocycles. The maximum atomic E-state index is 11.2. The average Bonchev–Trinajstić information content (AvgIpc) is 2.84. The Hall–Kier alpha value is -3.22. The second kappa shape index (κ2) is 11.2. The Morgan fingerprint density at radius 1 is 0.778 bits per heavy atom. The van der Waals surface area contributed by atoms with Crippen LogP contribution in [0.2, 0.25) is 0 Å². The predicted octanol–water partition coefficient (Wildman–Crippen LogP) is 8.12. The average molecular weight is 496 g/mol. The lowest BCUT2D eigenvalue weighted by Crippen LogP contribution is -2.17. The van der Waals surface area contributed by atoms with Gasteiger partial charge < -0.3 is 5.11 Å². The van der Waals surface area contributed by atoms with Crippen molar-refractivity contribution in [3.05, 3.63) is 126 Å². The van der Waals surface area contributed by atoms with Crippen LogP contribution in [-0.2, 0) is 10.8 Å². The smallest absolute Gasteiger partial charge is 0.128 e. The summed E-state index contributed by atoms with van der Waals surface area (Å²) in [5.74, 6) is 0.274. The van der Waals surface area contributed by atoms with Crippen molar-refractivity contribution in [2.75, 3.05) is 0 Å². The number of allylic oxidation sites excluding steroid dienone is 3. The van der Waals surface area contributed by atoms with Crippen molar-refractivity contribution in [1.82, 2.24) is 0 Å². The van der Waals surface area contributed by atoms with E-state index in [0.717, 1.165) is 22.1 Å². The molecule has 0 heterocycles. The second-order valence-corrected chi connectivity index (χ2v) is 13.1. The quantitative estimate of drug-likeness (QED) is 0.200. The minimum Gasteiger partial charge on any atom is -0.507 e. The Labute approximate surface area is 218 Å². The van der Waals surface area contributed by atoms with Crippen LogP contribution in [0.5, 0.6) is 5.75 Å². The molecule has 1 N–H and O–H groups in total. The molecule has 0 saturated carbocycles. The molecule has 0 unspecified atom stereocenters. The SMILES string of the molecule is C=C/C(N=Cc1cc(C(C)(C)C)cc(C(C)(C)C)c1O)=C(\C=C)P(c1ccccc1)c1ccccc1. The van der Waals surface area contributed by atoms with Gasteiger partial charge in [-0.2, -0.15) is 0 Å². The molecule has 36 heavy (non-hydrogen) atoms. The van der Waals surface area contributed by atoms with Gasteiger partial charge in [0, 0.05) is 22.7 Å². The van der Waals surface area contributed by atoms with Crippen molar-refractivity contribution in [2.24, 2.45) is 4.99 Å². The third-order valence-electron chi connectivity index (χ3n) is 6.07. The highest BCUT2D eigenvalue weighted by molar-refractivity contribution is 7.77. The van der Waals surface area contributed by atoms with Crippen LogP contribution in [0, 0.1) is 0 Å². The van der Waals surface area contributed by atoms with Crippen LogP contribution in [0.3, 0.4) is 0 Å². The molecule has 0 bridgehead atoms. The maximum Gasteiger partial charge on any atom is 0.128 e. The van der Waals surface area contributed by atoms with Crippen molar-refractivity contribution in [2.45, 2.75) is 52.4 Å². The van der Waals surface area contributed by atoms with Crippen LogP contribution in [0.25, 0.3) is 0 Å². The van der Waals surface area contributed by atoms with Gasteiger partial charge in [0.2, 0.25) is 0 Å². The summed E-state index contributed by atoms with van der Waals surface area (Å²) < 4.78 is 0. The number of hydrogen-bond acceptors (Lipinski definition) is 2. The lowest BCUT2D eigenvalue weighted by atomic mass is 9.79. The molecule has 2 nitrogen and oxygen atoms in total. The third-order valence-corrected chi connectivity index (χ3v) is 8.60. The van der Waals surface area contributed by atoms with Crippen molar-refractivity contribution in [1.29, 1.82) is 0 Å². The number of aliphatic imine (C=N–C) groups is 1. The summed E-state index contributed by atoms with van der Waals surface area (Å²) in [6.45, 7) is 21.1. The van der Waals surface area contributed by atoms with Gasteiger partial charge in [0.15, 0.2) is 0 Å². The highest BCUT2D eigenvalue weighted by Crippen LogP contribution is 2.45. The summed E-state index contributed by atoms with van der Waals surface area (Å²) in [5.41, 5.74) is 3.28. The number of nitrogens with zero attached hydrogens (tertiary/aromatic N) is 1. The van der Waals surface area contributed by atoms with E-state index in [9.17, 15) is 5.11 Å². The molecule has 0 radical (unpaired) electrons. The molecule has 0 aromatic heterocycles. The van der Waals surface area contributed by atoms with Gasteiger partial charge in [-0.25, -0.2) is 0 Å². The molecule has 3 aromatic rings. The summed E-state index contributed by atoms with van der Waals surface area (Å²) in [7, 11) is -0.883. The van der Waals surface area contributed by atoms with Gasteiger partial charge in [0.1, 0.15) is 5.75 Å². The molecule has 0 spiro atoms. The fourth-order valence-corrected chi connectivity index (χ4v) is 6.37. The lowest BCUT2D eigenvalue weighted by molar-refractivity contribution is 0.444. The third kappa shape index (κ3) is 6.31. The largest absolute Gasteiger partial charge is 0.507 e. The molecule has 3 aromatic carbocycles. The van der Waals surface area contributed by atoms with Gasteiger partial charge in [0.05, 0.1) is 5.70 Å². The highest BCUT2D eigenvalue weighted by atomic mass is 31.1. The van der Waals surface area contributed by atoms with Crippen LogP contribution < -0.4 is 10.6 Å². The highest BCUT2D eigenvalue weighted by Gasteiger charge is 2.25. The minimum atomic E-state index is -0.883. The zero-order valence-corrected chi connectivity index (χ0v) is 23.3. The second-order valence-electron chi connectivity index (χ2n) is 10.9. The fourth-order valence-electron chi connectivity index (χ4n) is 4.01. The van der Waals surface area contributed by atoms with Gasteiger partial charge in [-0.1, -0.05) is 128 Å². The van der Waals surface area contributed by atoms with Gasteiger partial charge in [-0.05, 0) is 47.1 Å². The molecular weight excluding hydrogens is 457 g/mol. The first kappa shape index (κ1) is 27.4. The van der Waals surface area contributed by atoms with E-state index in [1.165, 1.54) is 10.6 Å². The molecule has 0 aliphatic rings. The predicted molar refractivity (Wildman–Crippen MR) is 160 cm³/mol. The molecule has 3 heteroatoms. The first-order valence-electron chi connectivity index (χ1n) is 12.3. The van der Waals surface area contributed by atoms with Gasteiger partial charge in [-0.3, -0.25) is 4.99 Å². The molecule has 0 aliphatic carbocycles. The fraction of sp³-hybridized carbons (Fsp3) is 0.242. The Morgan fingerprint density at radius 2 is 1.31 bits per heavy atom.